The largest absolute Gasteiger partial charge is 0.339 e. The van der Waals surface area contributed by atoms with Gasteiger partial charge in [0.1, 0.15) is 5.82 Å². The van der Waals surface area contributed by atoms with E-state index in [9.17, 15) is 4.39 Å². The summed E-state index contributed by atoms with van der Waals surface area (Å²) in [6.45, 7) is 6.06. The van der Waals surface area contributed by atoms with E-state index in [1.807, 2.05) is 20.8 Å². The van der Waals surface area contributed by atoms with Crippen LogP contribution in [0.25, 0.3) is 0 Å². The Hall–Kier alpha value is -2.00. The van der Waals surface area contributed by atoms with Crippen LogP contribution in [-0.2, 0) is 11.2 Å². The van der Waals surface area contributed by atoms with Crippen LogP contribution in [0.4, 0.5) is 15.2 Å². The van der Waals surface area contributed by atoms with E-state index in [2.05, 4.69) is 25.7 Å². The molecule has 0 unspecified atom stereocenters. The van der Waals surface area contributed by atoms with Gasteiger partial charge in [-0.05, 0) is 18.2 Å². The molecule has 126 valence electrons. The van der Waals surface area contributed by atoms with E-state index in [0.29, 0.717) is 28.3 Å². The van der Waals surface area contributed by atoms with E-state index in [1.54, 1.807) is 12.1 Å². The molecule has 24 heavy (non-hydrogen) atoms. The molecule has 0 aliphatic rings. The standard InChI is InChI=1S/C15H16FN5OS2/c1-15(2,3)12-18-11(21-22-12)8-23-14-20-19-13(24-14)17-10-6-4-5-9(16)7-10/h4-7H,8H2,1-3H3,(H,17,19). The molecule has 1 N–H and O–H groups in total. The van der Waals surface area contributed by atoms with Crippen LogP contribution in [0.15, 0.2) is 33.1 Å². The number of rotatable bonds is 5. The molecule has 9 heteroatoms. The van der Waals surface area contributed by atoms with Gasteiger partial charge in [0.05, 0.1) is 5.75 Å². The van der Waals surface area contributed by atoms with E-state index in [4.69, 9.17) is 4.52 Å². The van der Waals surface area contributed by atoms with Gasteiger partial charge in [0, 0.05) is 11.1 Å². The van der Waals surface area contributed by atoms with Gasteiger partial charge in [-0.15, -0.1) is 10.2 Å². The zero-order valence-electron chi connectivity index (χ0n) is 13.4. The number of hydrogen-bond acceptors (Lipinski definition) is 8. The number of hydrogen-bond donors (Lipinski definition) is 1. The van der Waals surface area contributed by atoms with Crippen molar-refractivity contribution in [2.45, 2.75) is 36.3 Å². The van der Waals surface area contributed by atoms with Gasteiger partial charge >= 0.3 is 0 Å². The van der Waals surface area contributed by atoms with Gasteiger partial charge in [-0.25, -0.2) is 4.39 Å². The average molecular weight is 365 g/mol. The highest BCUT2D eigenvalue weighted by Gasteiger charge is 2.21. The molecule has 0 atom stereocenters. The Labute approximate surface area is 146 Å². The first-order valence-corrected chi connectivity index (χ1v) is 9.02. The van der Waals surface area contributed by atoms with Crippen LogP contribution in [0, 0.1) is 5.82 Å². The predicted octanol–water partition coefficient (Wildman–Crippen LogP) is 4.39. The zero-order chi connectivity index (χ0) is 17.2. The van der Waals surface area contributed by atoms with Gasteiger partial charge in [0.2, 0.25) is 11.0 Å². The SMILES string of the molecule is CC(C)(C)c1nc(CSc2nnc(Nc3cccc(F)c3)s2)no1. The lowest BCUT2D eigenvalue weighted by atomic mass is 9.97. The molecule has 0 saturated heterocycles. The van der Waals surface area contributed by atoms with Crippen LogP contribution in [-0.4, -0.2) is 20.3 Å². The van der Waals surface area contributed by atoms with Gasteiger partial charge < -0.3 is 9.84 Å². The highest BCUT2D eigenvalue weighted by molar-refractivity contribution is 8.00. The maximum Gasteiger partial charge on any atom is 0.232 e. The summed E-state index contributed by atoms with van der Waals surface area (Å²) in [5.74, 6) is 1.49. The molecule has 3 rings (SSSR count). The molecule has 2 aromatic heterocycles. The second kappa shape index (κ2) is 6.86. The molecule has 0 radical (unpaired) electrons. The van der Waals surface area contributed by atoms with Crippen LogP contribution in [0.5, 0.6) is 0 Å². The maximum absolute atomic E-state index is 13.2. The predicted molar refractivity (Wildman–Crippen MR) is 92.2 cm³/mol. The Morgan fingerprint density at radius 1 is 1.29 bits per heavy atom. The smallest absolute Gasteiger partial charge is 0.232 e. The lowest BCUT2D eigenvalue weighted by Crippen LogP contribution is -2.11. The van der Waals surface area contributed by atoms with Crippen molar-refractivity contribution in [2.24, 2.45) is 0 Å². The fraction of sp³-hybridized carbons (Fsp3) is 0.333. The van der Waals surface area contributed by atoms with Crippen LogP contribution in [0.3, 0.4) is 0 Å². The summed E-state index contributed by atoms with van der Waals surface area (Å²) in [5, 5.41) is 15.7. The number of thioether (sulfide) groups is 1. The highest BCUT2D eigenvalue weighted by atomic mass is 32.2. The summed E-state index contributed by atoms with van der Waals surface area (Å²) in [6, 6.07) is 6.20. The van der Waals surface area contributed by atoms with Crippen molar-refractivity contribution in [1.29, 1.82) is 0 Å². The van der Waals surface area contributed by atoms with E-state index in [0.717, 1.165) is 4.34 Å². The Balaban J connectivity index is 1.59. The number of nitrogens with zero attached hydrogens (tertiary/aromatic N) is 4. The molecule has 0 aliphatic heterocycles. The number of anilines is 2. The van der Waals surface area contributed by atoms with Gasteiger partial charge in [-0.1, -0.05) is 55.1 Å². The molecule has 0 bridgehead atoms. The molecular weight excluding hydrogens is 349 g/mol. The normalized spacial score (nSPS) is 11.7. The summed E-state index contributed by atoms with van der Waals surface area (Å²) >= 11 is 2.86. The molecule has 0 fully saturated rings. The average Bonchev–Trinajstić information content (AvgIpc) is 3.13. The van der Waals surface area contributed by atoms with Crippen LogP contribution < -0.4 is 5.32 Å². The summed E-state index contributed by atoms with van der Waals surface area (Å²) < 4.78 is 19.2. The zero-order valence-corrected chi connectivity index (χ0v) is 15.0. The second-order valence-corrected chi connectivity index (χ2v) is 8.26. The third-order valence-electron chi connectivity index (χ3n) is 2.92. The number of aromatic nitrogens is 4. The monoisotopic (exact) mass is 365 g/mol. The van der Waals surface area contributed by atoms with E-state index in [1.165, 1.54) is 35.2 Å². The van der Waals surface area contributed by atoms with Crippen LogP contribution in [0.1, 0.15) is 32.5 Å². The van der Waals surface area contributed by atoms with Gasteiger partial charge in [0.15, 0.2) is 10.2 Å². The van der Waals surface area contributed by atoms with Crippen LogP contribution in [0.2, 0.25) is 0 Å². The molecule has 0 spiro atoms. The number of benzene rings is 1. The Bertz CT molecular complexity index is 827. The molecule has 0 aliphatic carbocycles. The summed E-state index contributed by atoms with van der Waals surface area (Å²) in [4.78, 5) is 4.38. The molecule has 0 saturated carbocycles. The van der Waals surface area contributed by atoms with Crippen molar-refractivity contribution >= 4 is 33.9 Å². The van der Waals surface area contributed by atoms with E-state index in [-0.39, 0.29) is 11.2 Å². The molecule has 1 aromatic carbocycles. The lowest BCUT2D eigenvalue weighted by Gasteiger charge is -2.10. The van der Waals surface area contributed by atoms with Gasteiger partial charge in [-0.2, -0.15) is 4.98 Å². The quantitative estimate of drug-likeness (QED) is 0.672. The maximum atomic E-state index is 13.2. The van der Waals surface area contributed by atoms with Crippen molar-refractivity contribution in [1.82, 2.24) is 20.3 Å². The topological polar surface area (TPSA) is 76.7 Å². The number of nitrogens with one attached hydrogen (secondary N) is 1. The minimum atomic E-state index is -0.300. The summed E-state index contributed by atoms with van der Waals surface area (Å²) in [6.07, 6.45) is 0. The minimum absolute atomic E-state index is 0.166. The first-order chi connectivity index (χ1) is 11.4. The van der Waals surface area contributed by atoms with E-state index >= 15 is 0 Å². The second-order valence-electron chi connectivity index (χ2n) is 6.06. The summed E-state index contributed by atoms with van der Waals surface area (Å²) in [7, 11) is 0. The molecule has 0 amide bonds. The highest BCUT2D eigenvalue weighted by Crippen LogP contribution is 2.30. The van der Waals surface area contributed by atoms with Crippen molar-refractivity contribution in [2.75, 3.05) is 5.32 Å². The Morgan fingerprint density at radius 3 is 2.83 bits per heavy atom. The van der Waals surface area contributed by atoms with Crippen LogP contribution >= 0.6 is 23.1 Å². The molecule has 6 nitrogen and oxygen atoms in total. The number of halogens is 1. The minimum Gasteiger partial charge on any atom is -0.339 e. The fourth-order valence-electron chi connectivity index (χ4n) is 1.75. The van der Waals surface area contributed by atoms with Crippen molar-refractivity contribution in [3.63, 3.8) is 0 Å². The van der Waals surface area contributed by atoms with Crippen molar-refractivity contribution in [3.05, 3.63) is 41.8 Å². The van der Waals surface area contributed by atoms with Crippen molar-refractivity contribution in [3.8, 4) is 0 Å². The lowest BCUT2D eigenvalue weighted by molar-refractivity contribution is 0.319. The third kappa shape index (κ3) is 4.30. The van der Waals surface area contributed by atoms with E-state index < -0.39 is 0 Å². The Kier molecular flexibility index (Phi) is 4.81. The molecule has 3 aromatic rings. The fourth-order valence-corrected chi connectivity index (χ4v) is 3.37. The Morgan fingerprint density at radius 2 is 2.12 bits per heavy atom. The molecule has 2 heterocycles. The van der Waals surface area contributed by atoms with Crippen molar-refractivity contribution < 1.29 is 8.91 Å². The first-order valence-electron chi connectivity index (χ1n) is 7.22. The van der Waals surface area contributed by atoms with Gasteiger partial charge in [-0.3, -0.25) is 0 Å². The summed E-state index contributed by atoms with van der Waals surface area (Å²) in [5.41, 5.74) is 0.469. The third-order valence-corrected chi connectivity index (χ3v) is 4.88. The molecular formula is C15H16FN5OS2. The van der Waals surface area contributed by atoms with Gasteiger partial charge in [0.25, 0.3) is 0 Å². The first kappa shape index (κ1) is 16.8.